The molecule has 5 aliphatic rings. The van der Waals surface area contributed by atoms with Crippen LogP contribution in [0.3, 0.4) is 0 Å². The van der Waals surface area contributed by atoms with Crippen LogP contribution in [-0.4, -0.2) is 30.8 Å². The summed E-state index contributed by atoms with van der Waals surface area (Å²) < 4.78 is 6.36. The molecule has 1 spiro atoms. The van der Waals surface area contributed by atoms with Gasteiger partial charge in [0, 0.05) is 30.8 Å². The average Bonchev–Trinajstić information content (AvgIpc) is 3.22. The van der Waals surface area contributed by atoms with Crippen molar-refractivity contribution in [3.8, 4) is 0 Å². The molecule has 2 fully saturated rings. The lowest BCUT2D eigenvalue weighted by Crippen LogP contribution is -2.44. The predicted octanol–water partition coefficient (Wildman–Crippen LogP) is 7.32. The van der Waals surface area contributed by atoms with Crippen LogP contribution in [0.1, 0.15) is 82.6 Å². The molecular formula is C31H39ClN2O2. The Balaban J connectivity index is 1.28. The number of fused-ring (bicyclic) bond motifs is 5. The summed E-state index contributed by atoms with van der Waals surface area (Å²) in [5.74, 6) is 2.81. The van der Waals surface area contributed by atoms with Crippen LogP contribution in [0, 0.1) is 17.8 Å². The lowest BCUT2D eigenvalue weighted by molar-refractivity contribution is -0.122. The van der Waals surface area contributed by atoms with E-state index in [0.29, 0.717) is 24.4 Å². The molecule has 3 aliphatic heterocycles. The van der Waals surface area contributed by atoms with Crippen molar-refractivity contribution in [2.24, 2.45) is 22.7 Å². The predicted molar refractivity (Wildman–Crippen MR) is 147 cm³/mol. The van der Waals surface area contributed by atoms with Gasteiger partial charge in [0.2, 0.25) is 5.91 Å². The molecule has 1 amide bonds. The Labute approximate surface area is 220 Å². The molecule has 1 saturated heterocycles. The van der Waals surface area contributed by atoms with Gasteiger partial charge in [0.05, 0.1) is 0 Å². The standard InChI is InChI=1S/C31H39ClN2O2/c32-29-16-7-4-10-22(11-8-9-17-33-29)20-34-27-15-6-5-14-25(27)31(30(34)35)21-36-28-19-24-13-3-1-2-12-23(24)18-26(28)31/h5-6,14-15,18-19,22-24H,1-4,7-13,16-17,20-21H2/b33-29+. The quantitative estimate of drug-likeness (QED) is 0.421. The van der Waals surface area contributed by atoms with Crippen LogP contribution in [0.15, 0.2) is 52.7 Å². The Kier molecular flexibility index (Phi) is 6.99. The Morgan fingerprint density at radius 1 is 0.944 bits per heavy atom. The number of allylic oxidation sites excluding steroid dienone is 3. The number of amides is 1. The zero-order chi connectivity index (χ0) is 24.5. The second kappa shape index (κ2) is 10.4. The molecule has 192 valence electrons. The largest absolute Gasteiger partial charge is 0.492 e. The van der Waals surface area contributed by atoms with Crippen molar-refractivity contribution in [1.29, 1.82) is 0 Å². The first kappa shape index (κ1) is 24.3. The molecule has 0 radical (unpaired) electrons. The molecular weight excluding hydrogens is 468 g/mol. The van der Waals surface area contributed by atoms with Gasteiger partial charge >= 0.3 is 0 Å². The van der Waals surface area contributed by atoms with Crippen LogP contribution in [-0.2, 0) is 14.9 Å². The minimum atomic E-state index is -0.672. The average molecular weight is 507 g/mol. The van der Waals surface area contributed by atoms with Crippen LogP contribution in [0.25, 0.3) is 0 Å². The second-order valence-corrected chi connectivity index (χ2v) is 12.0. The van der Waals surface area contributed by atoms with E-state index in [1.165, 1.54) is 32.1 Å². The van der Waals surface area contributed by atoms with Crippen LogP contribution in [0.5, 0.6) is 0 Å². The number of hydrogen-bond donors (Lipinski definition) is 0. The van der Waals surface area contributed by atoms with Crippen LogP contribution >= 0.6 is 11.6 Å². The van der Waals surface area contributed by atoms with E-state index in [2.05, 4.69) is 46.3 Å². The molecule has 0 N–H and O–H groups in total. The fourth-order valence-electron chi connectivity index (χ4n) is 7.32. The number of halogens is 1. The molecule has 0 bridgehead atoms. The van der Waals surface area contributed by atoms with Crippen molar-refractivity contribution >= 4 is 28.4 Å². The first-order valence-corrected chi connectivity index (χ1v) is 14.7. The number of carbonyl (C=O) groups excluding carboxylic acids is 1. The van der Waals surface area contributed by atoms with E-state index in [1.807, 2.05) is 0 Å². The van der Waals surface area contributed by atoms with Gasteiger partial charge in [0.25, 0.3) is 0 Å². The molecule has 1 aromatic carbocycles. The molecule has 36 heavy (non-hydrogen) atoms. The highest BCUT2D eigenvalue weighted by molar-refractivity contribution is 6.65. The number of rotatable bonds is 2. The van der Waals surface area contributed by atoms with Gasteiger partial charge in [-0.15, -0.1) is 0 Å². The molecule has 0 aromatic heterocycles. The second-order valence-electron chi connectivity index (χ2n) is 11.6. The first-order valence-electron chi connectivity index (χ1n) is 14.3. The third kappa shape index (κ3) is 4.34. The van der Waals surface area contributed by atoms with Gasteiger partial charge in [0.15, 0.2) is 0 Å². The van der Waals surface area contributed by atoms with E-state index in [-0.39, 0.29) is 5.91 Å². The van der Waals surface area contributed by atoms with E-state index in [0.717, 1.165) is 85.8 Å². The highest BCUT2D eigenvalue weighted by Gasteiger charge is 2.59. The van der Waals surface area contributed by atoms with Gasteiger partial charge in [-0.25, -0.2) is 0 Å². The summed E-state index contributed by atoms with van der Waals surface area (Å²) in [6.07, 6.45) is 18.8. The van der Waals surface area contributed by atoms with Gasteiger partial charge < -0.3 is 9.64 Å². The van der Waals surface area contributed by atoms with E-state index in [9.17, 15) is 4.79 Å². The van der Waals surface area contributed by atoms with Gasteiger partial charge in [-0.1, -0.05) is 68.0 Å². The number of carbonyl (C=O) groups is 1. The maximum Gasteiger partial charge on any atom is 0.245 e. The topological polar surface area (TPSA) is 41.9 Å². The normalized spacial score (nSPS) is 34.2. The van der Waals surface area contributed by atoms with Crippen molar-refractivity contribution in [1.82, 2.24) is 0 Å². The lowest BCUT2D eigenvalue weighted by atomic mass is 9.71. The number of anilines is 1. The Morgan fingerprint density at radius 2 is 1.69 bits per heavy atom. The van der Waals surface area contributed by atoms with Crippen LogP contribution in [0.4, 0.5) is 5.69 Å². The third-order valence-corrected chi connectivity index (χ3v) is 9.60. The van der Waals surface area contributed by atoms with Crippen molar-refractivity contribution in [2.75, 3.05) is 24.6 Å². The van der Waals surface area contributed by atoms with Gasteiger partial charge in [-0.3, -0.25) is 9.79 Å². The van der Waals surface area contributed by atoms with Crippen molar-refractivity contribution < 1.29 is 9.53 Å². The molecule has 2 aliphatic carbocycles. The van der Waals surface area contributed by atoms with E-state index >= 15 is 0 Å². The summed E-state index contributed by atoms with van der Waals surface area (Å²) in [5, 5.41) is 0.779. The first-order chi connectivity index (χ1) is 17.7. The van der Waals surface area contributed by atoms with Gasteiger partial charge in [-0.2, -0.15) is 0 Å². The Hall–Kier alpha value is -2.07. The third-order valence-electron chi connectivity index (χ3n) is 9.30. The maximum atomic E-state index is 14.5. The van der Waals surface area contributed by atoms with Crippen molar-refractivity contribution in [3.63, 3.8) is 0 Å². The summed E-state index contributed by atoms with van der Waals surface area (Å²) in [6.45, 7) is 2.06. The molecule has 6 rings (SSSR count). The molecule has 4 atom stereocenters. The fourth-order valence-corrected chi connectivity index (χ4v) is 7.54. The lowest BCUT2D eigenvalue weighted by Gasteiger charge is -2.30. The number of aliphatic imine (C=N–C) groups is 1. The van der Waals surface area contributed by atoms with Crippen LogP contribution in [0.2, 0.25) is 0 Å². The van der Waals surface area contributed by atoms with E-state index in [1.54, 1.807) is 0 Å². The fraction of sp³-hybridized carbons (Fsp3) is 0.613. The van der Waals surface area contributed by atoms with Crippen molar-refractivity contribution in [2.45, 2.75) is 82.5 Å². The minimum absolute atomic E-state index is 0.228. The minimum Gasteiger partial charge on any atom is -0.492 e. The van der Waals surface area contributed by atoms with Crippen LogP contribution < -0.4 is 4.90 Å². The molecule has 4 nitrogen and oxygen atoms in total. The highest BCUT2D eigenvalue weighted by Crippen LogP contribution is 2.55. The smallest absolute Gasteiger partial charge is 0.245 e. The Bertz CT molecular complexity index is 1090. The Morgan fingerprint density at radius 3 is 2.56 bits per heavy atom. The van der Waals surface area contributed by atoms with E-state index in [4.69, 9.17) is 16.3 Å². The van der Waals surface area contributed by atoms with E-state index < -0.39 is 5.41 Å². The van der Waals surface area contributed by atoms with Crippen molar-refractivity contribution in [3.05, 3.63) is 53.3 Å². The summed E-state index contributed by atoms with van der Waals surface area (Å²) in [7, 11) is 0. The summed E-state index contributed by atoms with van der Waals surface area (Å²) in [5.41, 5.74) is 2.72. The zero-order valence-corrected chi connectivity index (χ0v) is 22.1. The molecule has 1 aromatic rings. The monoisotopic (exact) mass is 506 g/mol. The number of nitrogens with zero attached hydrogens (tertiary/aromatic N) is 2. The molecule has 1 saturated carbocycles. The summed E-state index contributed by atoms with van der Waals surface area (Å²) in [4.78, 5) is 21.1. The zero-order valence-electron chi connectivity index (χ0n) is 21.4. The number of ether oxygens (including phenoxy) is 1. The molecule has 3 heterocycles. The number of hydrogen-bond acceptors (Lipinski definition) is 3. The summed E-state index contributed by atoms with van der Waals surface area (Å²) >= 11 is 6.27. The molecule has 5 heteroatoms. The SMILES string of the molecule is O=C1N(CC2CCCC/N=C(/Cl)CCCC2)c2ccccc2C12COC1=CC3CCCCCC3C=C12. The number of benzene rings is 1. The highest BCUT2D eigenvalue weighted by atomic mass is 35.5. The van der Waals surface area contributed by atoms with Gasteiger partial charge in [-0.05, 0) is 74.0 Å². The maximum absolute atomic E-state index is 14.5. The number of para-hydroxylation sites is 1. The summed E-state index contributed by atoms with van der Waals surface area (Å²) in [6, 6.07) is 8.50. The molecule has 4 unspecified atom stereocenters. The van der Waals surface area contributed by atoms with Gasteiger partial charge in [0.1, 0.15) is 23.0 Å².